The molecule has 1 aromatic carbocycles. The Morgan fingerprint density at radius 1 is 1.40 bits per heavy atom. The number of urea groups is 1. The Morgan fingerprint density at radius 2 is 2.10 bits per heavy atom. The maximum atomic E-state index is 11.6. The van der Waals surface area contributed by atoms with Crippen molar-refractivity contribution in [2.45, 2.75) is 6.92 Å². The number of para-hydroxylation sites is 1. The van der Waals surface area contributed by atoms with Crippen molar-refractivity contribution in [3.63, 3.8) is 0 Å². The minimum atomic E-state index is -0.994. The standard InChI is InChI=1S/C14H12N4O2/c1-8-11(10-4-2-3-5-12(10)17-8)6-9(7-15)13(19)18-14(16)20/h2-6,17H,1H3,(H3,16,18,19,20)/b9-6-. The lowest BCUT2D eigenvalue weighted by Gasteiger charge is -1.99. The summed E-state index contributed by atoms with van der Waals surface area (Å²) in [5.74, 6) is -0.815. The predicted octanol–water partition coefficient (Wildman–Crippen LogP) is 1.58. The van der Waals surface area contributed by atoms with Gasteiger partial charge in [-0.1, -0.05) is 18.2 Å². The molecule has 0 bridgehead atoms. The van der Waals surface area contributed by atoms with Gasteiger partial charge in [-0.25, -0.2) is 4.79 Å². The largest absolute Gasteiger partial charge is 0.358 e. The van der Waals surface area contributed by atoms with E-state index in [-0.39, 0.29) is 5.57 Å². The smallest absolute Gasteiger partial charge is 0.319 e. The first kappa shape index (κ1) is 13.4. The van der Waals surface area contributed by atoms with Crippen LogP contribution in [0.3, 0.4) is 0 Å². The van der Waals surface area contributed by atoms with Crippen LogP contribution in [-0.2, 0) is 4.79 Å². The maximum absolute atomic E-state index is 11.6. The molecular weight excluding hydrogens is 256 g/mol. The number of H-pyrrole nitrogens is 1. The molecule has 2 aromatic rings. The average Bonchev–Trinajstić information content (AvgIpc) is 2.70. The van der Waals surface area contributed by atoms with Crippen LogP contribution in [0.2, 0.25) is 0 Å². The topological polar surface area (TPSA) is 112 Å². The maximum Gasteiger partial charge on any atom is 0.319 e. The molecule has 6 heteroatoms. The van der Waals surface area contributed by atoms with Gasteiger partial charge in [0, 0.05) is 22.2 Å². The molecule has 0 atom stereocenters. The van der Waals surface area contributed by atoms with E-state index in [1.165, 1.54) is 6.08 Å². The zero-order valence-electron chi connectivity index (χ0n) is 10.7. The minimum Gasteiger partial charge on any atom is -0.358 e. The summed E-state index contributed by atoms with van der Waals surface area (Å²) in [5, 5.41) is 11.8. The van der Waals surface area contributed by atoms with Crippen LogP contribution in [0.1, 0.15) is 11.3 Å². The molecule has 0 radical (unpaired) electrons. The number of fused-ring (bicyclic) bond motifs is 1. The van der Waals surface area contributed by atoms with Gasteiger partial charge in [-0.05, 0) is 19.1 Å². The average molecular weight is 268 g/mol. The zero-order valence-corrected chi connectivity index (χ0v) is 10.7. The Labute approximate surface area is 114 Å². The van der Waals surface area contributed by atoms with E-state index in [1.807, 2.05) is 36.5 Å². The monoisotopic (exact) mass is 268 g/mol. The number of aryl methyl sites for hydroxylation is 1. The molecule has 0 spiro atoms. The molecule has 20 heavy (non-hydrogen) atoms. The molecule has 4 N–H and O–H groups in total. The quantitative estimate of drug-likeness (QED) is 0.567. The molecule has 6 nitrogen and oxygen atoms in total. The number of primary amides is 1. The molecule has 2 rings (SSSR count). The number of hydrogen-bond donors (Lipinski definition) is 3. The summed E-state index contributed by atoms with van der Waals surface area (Å²) in [6.07, 6.45) is 1.44. The number of aromatic nitrogens is 1. The van der Waals surface area contributed by atoms with Gasteiger partial charge in [0.1, 0.15) is 11.6 Å². The van der Waals surface area contributed by atoms with E-state index in [9.17, 15) is 9.59 Å². The number of amides is 3. The van der Waals surface area contributed by atoms with Crippen LogP contribution in [-0.4, -0.2) is 16.9 Å². The highest BCUT2D eigenvalue weighted by molar-refractivity contribution is 6.09. The summed E-state index contributed by atoms with van der Waals surface area (Å²) in [6, 6.07) is 8.30. The molecule has 0 saturated carbocycles. The normalized spacial score (nSPS) is 11.1. The van der Waals surface area contributed by atoms with Crippen molar-refractivity contribution in [3.05, 3.63) is 41.1 Å². The SMILES string of the molecule is Cc1[nH]c2ccccc2c1/C=C(/C#N)C(=O)NC(N)=O. The summed E-state index contributed by atoms with van der Waals surface area (Å²) in [6.45, 7) is 1.84. The fraction of sp³-hybridized carbons (Fsp3) is 0.0714. The number of nitriles is 1. The van der Waals surface area contributed by atoms with Gasteiger partial charge >= 0.3 is 6.03 Å². The van der Waals surface area contributed by atoms with Crippen molar-refractivity contribution in [2.24, 2.45) is 5.73 Å². The van der Waals surface area contributed by atoms with E-state index < -0.39 is 11.9 Å². The molecule has 3 amide bonds. The van der Waals surface area contributed by atoms with Crippen molar-refractivity contribution in [2.75, 3.05) is 0 Å². The van der Waals surface area contributed by atoms with Crippen molar-refractivity contribution >= 4 is 28.9 Å². The van der Waals surface area contributed by atoms with Crippen LogP contribution in [0.15, 0.2) is 29.8 Å². The fourth-order valence-corrected chi connectivity index (χ4v) is 1.96. The zero-order chi connectivity index (χ0) is 14.7. The first-order valence-electron chi connectivity index (χ1n) is 5.83. The van der Waals surface area contributed by atoms with Gasteiger partial charge < -0.3 is 10.7 Å². The van der Waals surface area contributed by atoms with Crippen LogP contribution in [0, 0.1) is 18.3 Å². The number of nitrogens with zero attached hydrogens (tertiary/aromatic N) is 1. The lowest BCUT2D eigenvalue weighted by molar-refractivity contribution is -0.115. The van der Waals surface area contributed by atoms with E-state index in [1.54, 1.807) is 6.07 Å². The number of carbonyl (C=O) groups excluding carboxylic acids is 2. The van der Waals surface area contributed by atoms with Crippen LogP contribution < -0.4 is 11.1 Å². The summed E-state index contributed by atoms with van der Waals surface area (Å²) in [5.41, 5.74) is 7.15. The summed E-state index contributed by atoms with van der Waals surface area (Å²) >= 11 is 0. The molecule has 100 valence electrons. The van der Waals surface area contributed by atoms with Gasteiger partial charge in [0.05, 0.1) is 0 Å². The first-order chi connectivity index (χ1) is 9.52. The van der Waals surface area contributed by atoms with Gasteiger partial charge in [-0.15, -0.1) is 0 Å². The molecule has 0 fully saturated rings. The van der Waals surface area contributed by atoms with Gasteiger partial charge in [0.25, 0.3) is 5.91 Å². The Balaban J connectivity index is 2.50. The predicted molar refractivity (Wildman–Crippen MR) is 74.4 cm³/mol. The van der Waals surface area contributed by atoms with Crippen LogP contribution >= 0.6 is 0 Å². The molecule has 1 aromatic heterocycles. The van der Waals surface area contributed by atoms with Crippen LogP contribution in [0.25, 0.3) is 17.0 Å². The van der Waals surface area contributed by atoms with Gasteiger partial charge in [0.2, 0.25) is 0 Å². The highest BCUT2D eigenvalue weighted by atomic mass is 16.2. The van der Waals surface area contributed by atoms with E-state index in [0.717, 1.165) is 22.2 Å². The number of imide groups is 1. The number of rotatable bonds is 2. The van der Waals surface area contributed by atoms with E-state index >= 15 is 0 Å². The molecule has 0 unspecified atom stereocenters. The van der Waals surface area contributed by atoms with E-state index in [4.69, 9.17) is 11.0 Å². The third-order valence-corrected chi connectivity index (χ3v) is 2.83. The highest BCUT2D eigenvalue weighted by Crippen LogP contribution is 2.24. The number of carbonyl (C=O) groups is 2. The Hall–Kier alpha value is -3.07. The Kier molecular flexibility index (Phi) is 3.53. The number of nitrogens with one attached hydrogen (secondary N) is 2. The summed E-state index contributed by atoms with van der Waals surface area (Å²) in [4.78, 5) is 25.5. The highest BCUT2D eigenvalue weighted by Gasteiger charge is 2.13. The van der Waals surface area contributed by atoms with Crippen molar-refractivity contribution in [1.82, 2.24) is 10.3 Å². The van der Waals surface area contributed by atoms with Gasteiger partial charge in [-0.2, -0.15) is 5.26 Å². The van der Waals surface area contributed by atoms with Gasteiger partial charge in [-0.3, -0.25) is 10.1 Å². The third kappa shape index (κ3) is 2.52. The van der Waals surface area contributed by atoms with Crippen LogP contribution in [0.5, 0.6) is 0 Å². The number of benzene rings is 1. The second kappa shape index (κ2) is 5.28. The second-order valence-electron chi connectivity index (χ2n) is 4.20. The lowest BCUT2D eigenvalue weighted by Crippen LogP contribution is -2.35. The Bertz CT molecular complexity index is 765. The third-order valence-electron chi connectivity index (χ3n) is 2.83. The lowest BCUT2D eigenvalue weighted by atomic mass is 10.1. The molecule has 0 aliphatic carbocycles. The summed E-state index contributed by atoms with van der Waals surface area (Å²) in [7, 11) is 0. The van der Waals surface area contributed by atoms with Crippen molar-refractivity contribution in [3.8, 4) is 6.07 Å². The first-order valence-corrected chi connectivity index (χ1v) is 5.83. The van der Waals surface area contributed by atoms with Crippen LogP contribution in [0.4, 0.5) is 4.79 Å². The molecule has 1 heterocycles. The van der Waals surface area contributed by atoms with Crippen molar-refractivity contribution in [1.29, 1.82) is 5.26 Å². The van der Waals surface area contributed by atoms with E-state index in [2.05, 4.69) is 4.98 Å². The summed E-state index contributed by atoms with van der Waals surface area (Å²) < 4.78 is 0. The Morgan fingerprint density at radius 3 is 2.75 bits per heavy atom. The molecule has 0 aliphatic rings. The second-order valence-corrected chi connectivity index (χ2v) is 4.20. The minimum absolute atomic E-state index is 0.184. The fourth-order valence-electron chi connectivity index (χ4n) is 1.96. The number of hydrogen-bond acceptors (Lipinski definition) is 3. The van der Waals surface area contributed by atoms with Crippen molar-refractivity contribution < 1.29 is 9.59 Å². The number of nitrogens with two attached hydrogens (primary N) is 1. The number of aromatic amines is 1. The molecular formula is C14H12N4O2. The van der Waals surface area contributed by atoms with Gasteiger partial charge in [0.15, 0.2) is 0 Å². The molecule has 0 saturated heterocycles. The van der Waals surface area contributed by atoms with E-state index in [0.29, 0.717) is 0 Å². The molecule has 0 aliphatic heterocycles.